The minimum atomic E-state index is -1.38. The van der Waals surface area contributed by atoms with Crippen molar-refractivity contribution in [3.63, 3.8) is 0 Å². The fourth-order valence-corrected chi connectivity index (χ4v) is 7.67. The molecular formula is C54H64N4O8. The second kappa shape index (κ2) is 24.1. The van der Waals surface area contributed by atoms with Gasteiger partial charge in [0.1, 0.15) is 29.3 Å². The van der Waals surface area contributed by atoms with Crippen LogP contribution in [0.2, 0.25) is 0 Å². The maximum absolute atomic E-state index is 14.6. The van der Waals surface area contributed by atoms with E-state index in [4.69, 9.17) is 9.47 Å². The summed E-state index contributed by atoms with van der Waals surface area (Å²) in [5.74, 6) is -3.37. The van der Waals surface area contributed by atoms with Crippen molar-refractivity contribution in [2.75, 3.05) is 0 Å². The van der Waals surface area contributed by atoms with Gasteiger partial charge in [0.25, 0.3) is 0 Å². The summed E-state index contributed by atoms with van der Waals surface area (Å²) >= 11 is 0. The van der Waals surface area contributed by atoms with Crippen LogP contribution >= 0.6 is 0 Å². The van der Waals surface area contributed by atoms with Crippen LogP contribution in [0.4, 0.5) is 0 Å². The van der Waals surface area contributed by atoms with E-state index in [1.54, 1.807) is 41.5 Å². The van der Waals surface area contributed by atoms with E-state index in [2.05, 4.69) is 21.3 Å². The van der Waals surface area contributed by atoms with Crippen molar-refractivity contribution < 1.29 is 38.6 Å². The number of hydrogen-bond acceptors (Lipinski definition) is 8. The van der Waals surface area contributed by atoms with Gasteiger partial charge in [0.05, 0.1) is 25.2 Å². The summed E-state index contributed by atoms with van der Waals surface area (Å²) in [5.41, 5.74) is 2.12. The van der Waals surface area contributed by atoms with Gasteiger partial charge in [-0.1, -0.05) is 166 Å². The Bertz CT molecular complexity index is 2210. The Kier molecular flexibility index (Phi) is 18.4. The van der Waals surface area contributed by atoms with Gasteiger partial charge in [-0.3, -0.25) is 24.0 Å². The minimum Gasteiger partial charge on any atom is -0.460 e. The van der Waals surface area contributed by atoms with E-state index in [1.807, 2.05) is 152 Å². The molecule has 348 valence electrons. The van der Waals surface area contributed by atoms with E-state index in [0.717, 1.165) is 27.8 Å². The molecule has 66 heavy (non-hydrogen) atoms. The minimum absolute atomic E-state index is 0.136. The Hall–Kier alpha value is -6.63. The fraction of sp³-hybridized carbons (Fsp3) is 0.352. The van der Waals surface area contributed by atoms with E-state index in [0.29, 0.717) is 0 Å². The average Bonchev–Trinajstić information content (AvgIpc) is 3.30. The molecule has 0 fully saturated rings. The van der Waals surface area contributed by atoms with Crippen LogP contribution in [0.1, 0.15) is 88.6 Å². The number of ether oxygens (including phenoxy) is 2. The Balaban J connectivity index is 1.44. The lowest BCUT2D eigenvalue weighted by atomic mass is 9.77. The molecule has 5 N–H and O–H groups in total. The third-order valence-corrected chi connectivity index (χ3v) is 11.1. The van der Waals surface area contributed by atoms with Gasteiger partial charge in [0.2, 0.25) is 23.6 Å². The predicted molar refractivity (Wildman–Crippen MR) is 255 cm³/mol. The molecule has 0 unspecified atom stereocenters. The molecule has 5 atom stereocenters. The number of carbonyl (C=O) groups excluding carboxylic acids is 5. The van der Waals surface area contributed by atoms with E-state index in [9.17, 15) is 29.1 Å². The lowest BCUT2D eigenvalue weighted by Crippen LogP contribution is -2.58. The zero-order valence-electron chi connectivity index (χ0n) is 38.7. The first-order valence-electron chi connectivity index (χ1n) is 22.5. The first-order chi connectivity index (χ1) is 31.6. The van der Waals surface area contributed by atoms with Crippen molar-refractivity contribution in [2.24, 2.45) is 5.92 Å². The first kappa shape index (κ1) is 50.4. The van der Waals surface area contributed by atoms with E-state index in [1.165, 1.54) is 0 Å². The van der Waals surface area contributed by atoms with E-state index < -0.39 is 83.4 Å². The average molecular weight is 897 g/mol. The summed E-state index contributed by atoms with van der Waals surface area (Å²) in [6.45, 7) is 10.5. The van der Waals surface area contributed by atoms with Crippen molar-refractivity contribution in [1.29, 1.82) is 0 Å². The standard InChI is InChI=1S/C54H64N4O8/c1-37(2)49(57-50(62)38(3)65-36-40-24-14-8-15-25-40)52(64)55-44(51(63)56-45(34-39-22-12-7-13-23-39)46(59)35-48(61)66-53(4,5)6)32-33-47(60)58-54(41-26-16-9-17-27-41,42-28-18-10-19-29-42)43-30-20-11-21-31-43/h7-31,37-38,44-46,49,59H,32-36H2,1-6H3,(H,55,64)(H,56,63)(H,57,62)(H,58,60)/t38-,44-,45-,46-,49-/m0/s1. The maximum Gasteiger partial charge on any atom is 0.309 e. The molecule has 0 aliphatic heterocycles. The van der Waals surface area contributed by atoms with Crippen molar-refractivity contribution >= 4 is 29.6 Å². The zero-order chi connectivity index (χ0) is 47.7. The summed E-state index contributed by atoms with van der Waals surface area (Å²) < 4.78 is 11.3. The molecule has 5 rings (SSSR count). The molecular weight excluding hydrogens is 833 g/mol. The van der Waals surface area contributed by atoms with Crippen LogP contribution in [-0.2, 0) is 52.0 Å². The van der Waals surface area contributed by atoms with Gasteiger partial charge >= 0.3 is 5.97 Å². The number of rotatable bonds is 22. The van der Waals surface area contributed by atoms with Crippen LogP contribution in [0.3, 0.4) is 0 Å². The summed E-state index contributed by atoms with van der Waals surface area (Å²) in [5, 5.41) is 23.4. The lowest BCUT2D eigenvalue weighted by Gasteiger charge is -2.37. The van der Waals surface area contributed by atoms with Gasteiger partial charge in [-0.15, -0.1) is 0 Å². The summed E-state index contributed by atoms with van der Waals surface area (Å²) in [6, 6.07) is 43.9. The number of nitrogens with one attached hydrogen (secondary N) is 4. The van der Waals surface area contributed by atoms with Gasteiger partial charge < -0.3 is 35.8 Å². The van der Waals surface area contributed by atoms with Crippen LogP contribution < -0.4 is 21.3 Å². The zero-order valence-corrected chi connectivity index (χ0v) is 38.7. The molecule has 4 amide bonds. The molecule has 0 bridgehead atoms. The molecule has 0 aliphatic carbocycles. The third kappa shape index (κ3) is 14.7. The maximum atomic E-state index is 14.6. The Morgan fingerprint density at radius 2 is 1.06 bits per heavy atom. The smallest absolute Gasteiger partial charge is 0.309 e. The van der Waals surface area contributed by atoms with Crippen LogP contribution in [0, 0.1) is 5.92 Å². The first-order valence-corrected chi connectivity index (χ1v) is 22.5. The summed E-state index contributed by atoms with van der Waals surface area (Å²) in [7, 11) is 0. The highest BCUT2D eigenvalue weighted by Gasteiger charge is 2.39. The molecule has 0 saturated heterocycles. The van der Waals surface area contributed by atoms with Gasteiger partial charge in [0, 0.05) is 6.42 Å². The molecule has 0 saturated carbocycles. The monoisotopic (exact) mass is 896 g/mol. The third-order valence-electron chi connectivity index (χ3n) is 11.1. The van der Waals surface area contributed by atoms with Crippen LogP contribution in [0.5, 0.6) is 0 Å². The largest absolute Gasteiger partial charge is 0.460 e. The molecule has 12 heteroatoms. The molecule has 0 aliphatic rings. The van der Waals surface area contributed by atoms with Gasteiger partial charge in [0.15, 0.2) is 0 Å². The number of carbonyl (C=O) groups is 5. The van der Waals surface area contributed by atoms with Crippen LogP contribution in [0.15, 0.2) is 152 Å². The van der Waals surface area contributed by atoms with Gasteiger partial charge in [-0.25, -0.2) is 0 Å². The highest BCUT2D eigenvalue weighted by molar-refractivity contribution is 5.93. The van der Waals surface area contributed by atoms with Crippen LogP contribution in [-0.4, -0.2) is 70.6 Å². The number of aliphatic hydroxyl groups excluding tert-OH is 1. The van der Waals surface area contributed by atoms with Crippen molar-refractivity contribution in [2.45, 2.75) is 115 Å². The highest BCUT2D eigenvalue weighted by atomic mass is 16.6. The van der Waals surface area contributed by atoms with Crippen molar-refractivity contribution in [3.8, 4) is 0 Å². The fourth-order valence-electron chi connectivity index (χ4n) is 7.67. The van der Waals surface area contributed by atoms with Gasteiger partial charge in [-0.05, 0) is 74.3 Å². The molecule has 0 aromatic heterocycles. The molecule has 0 radical (unpaired) electrons. The predicted octanol–water partition coefficient (Wildman–Crippen LogP) is 6.93. The molecule has 5 aromatic carbocycles. The van der Waals surface area contributed by atoms with Crippen LogP contribution in [0.25, 0.3) is 0 Å². The number of aliphatic hydroxyl groups is 1. The number of hydrogen-bond donors (Lipinski definition) is 5. The van der Waals surface area contributed by atoms with Crippen molar-refractivity contribution in [3.05, 3.63) is 179 Å². The molecule has 0 heterocycles. The molecule has 5 aromatic rings. The quantitative estimate of drug-likeness (QED) is 0.0368. The number of esters is 1. The lowest BCUT2D eigenvalue weighted by molar-refractivity contribution is -0.157. The molecule has 12 nitrogen and oxygen atoms in total. The highest BCUT2D eigenvalue weighted by Crippen LogP contribution is 2.37. The van der Waals surface area contributed by atoms with E-state index >= 15 is 0 Å². The topological polar surface area (TPSA) is 172 Å². The van der Waals surface area contributed by atoms with Gasteiger partial charge in [-0.2, -0.15) is 0 Å². The Morgan fingerprint density at radius 1 is 0.591 bits per heavy atom. The second-order valence-corrected chi connectivity index (χ2v) is 17.8. The summed E-state index contributed by atoms with van der Waals surface area (Å²) in [4.78, 5) is 69.8. The number of benzene rings is 5. The Morgan fingerprint density at radius 3 is 1.53 bits per heavy atom. The normalized spacial score (nSPS) is 13.9. The van der Waals surface area contributed by atoms with E-state index in [-0.39, 0.29) is 25.9 Å². The van der Waals surface area contributed by atoms with Crippen molar-refractivity contribution in [1.82, 2.24) is 21.3 Å². The summed E-state index contributed by atoms with van der Waals surface area (Å²) in [6.07, 6.45) is -2.97. The SMILES string of the molecule is CC(C)[C@H](NC(=O)[C@H](C)OCc1ccccc1)C(=O)N[C@@H](CCC(=O)NC(c1ccccc1)(c1ccccc1)c1ccccc1)C(=O)N[C@@H](Cc1ccccc1)[C@@H](O)CC(=O)OC(C)(C)C. The number of amides is 4. The molecule has 0 spiro atoms. The Labute approximate surface area is 388 Å². The second-order valence-electron chi connectivity index (χ2n) is 17.8.